The summed E-state index contributed by atoms with van der Waals surface area (Å²) in [5.74, 6) is 0.413. The zero-order valence-corrected chi connectivity index (χ0v) is 11.8. The lowest BCUT2D eigenvalue weighted by Gasteiger charge is -2.43. The van der Waals surface area contributed by atoms with Gasteiger partial charge >= 0.3 is 6.03 Å². The Kier molecular flexibility index (Phi) is 4.67. The molecule has 6 nitrogen and oxygen atoms in total. The van der Waals surface area contributed by atoms with Crippen LogP contribution in [-0.4, -0.2) is 53.0 Å². The van der Waals surface area contributed by atoms with Crippen molar-refractivity contribution >= 4 is 6.03 Å². The molecule has 1 heterocycles. The Bertz CT molecular complexity index is 313. The van der Waals surface area contributed by atoms with Crippen molar-refractivity contribution in [1.82, 2.24) is 9.80 Å². The van der Waals surface area contributed by atoms with E-state index in [-0.39, 0.29) is 23.9 Å². The number of carbonyl (C=O) groups is 1. The fraction of sp³-hybridized carbons (Fsp3) is 0.917. The van der Waals surface area contributed by atoms with Gasteiger partial charge in [-0.15, -0.1) is 0 Å². The lowest BCUT2D eigenvalue weighted by atomic mass is 9.92. The summed E-state index contributed by atoms with van der Waals surface area (Å²) in [4.78, 5) is 25.5. The predicted octanol–water partition coefficient (Wildman–Crippen LogP) is 1.68. The first-order valence-corrected chi connectivity index (χ1v) is 6.41. The second-order valence-electron chi connectivity index (χ2n) is 5.79. The van der Waals surface area contributed by atoms with Crippen LogP contribution in [0.2, 0.25) is 0 Å². The molecule has 0 aromatic rings. The van der Waals surface area contributed by atoms with Crippen molar-refractivity contribution in [2.24, 2.45) is 11.8 Å². The first-order valence-electron chi connectivity index (χ1n) is 6.41. The second-order valence-corrected chi connectivity index (χ2v) is 5.79. The Balaban J connectivity index is 3.07. The molecule has 0 saturated carbocycles. The van der Waals surface area contributed by atoms with Gasteiger partial charge in [-0.3, -0.25) is 4.90 Å². The standard InChI is InChI=1S/C12H23N3O3/c1-8(2)10-6-13(5)7-11(9(3)4)14(10)12(16)15(17)18/h8-11H,6-7H2,1-5H3. The van der Waals surface area contributed by atoms with Crippen molar-refractivity contribution < 1.29 is 9.72 Å². The number of carbonyl (C=O) groups excluding carboxylic acids is 1. The molecule has 1 rings (SSSR count). The van der Waals surface area contributed by atoms with Crippen LogP contribution in [0.5, 0.6) is 0 Å². The molecule has 0 radical (unpaired) electrons. The number of hydrogen-bond acceptors (Lipinski definition) is 4. The molecular weight excluding hydrogens is 234 g/mol. The van der Waals surface area contributed by atoms with Crippen LogP contribution in [-0.2, 0) is 0 Å². The van der Waals surface area contributed by atoms with Gasteiger partial charge in [0.15, 0.2) is 0 Å². The van der Waals surface area contributed by atoms with Crippen molar-refractivity contribution in [3.63, 3.8) is 0 Å². The molecule has 18 heavy (non-hydrogen) atoms. The van der Waals surface area contributed by atoms with E-state index < -0.39 is 11.0 Å². The summed E-state index contributed by atoms with van der Waals surface area (Å²) in [5.41, 5.74) is 0. The van der Waals surface area contributed by atoms with E-state index in [0.29, 0.717) is 13.1 Å². The summed E-state index contributed by atoms with van der Waals surface area (Å²) in [5, 5.41) is 10.8. The lowest BCUT2D eigenvalue weighted by molar-refractivity contribution is -0.389. The van der Waals surface area contributed by atoms with Gasteiger partial charge in [0.1, 0.15) is 12.1 Å². The van der Waals surface area contributed by atoms with Crippen LogP contribution in [0.15, 0.2) is 0 Å². The number of nitro groups is 1. The summed E-state index contributed by atoms with van der Waals surface area (Å²) in [6.45, 7) is 9.40. The topological polar surface area (TPSA) is 66.7 Å². The highest BCUT2D eigenvalue weighted by Gasteiger charge is 2.46. The van der Waals surface area contributed by atoms with Crippen LogP contribution in [0.1, 0.15) is 27.7 Å². The smallest absolute Gasteiger partial charge is 0.355 e. The maximum absolute atomic E-state index is 11.8. The monoisotopic (exact) mass is 257 g/mol. The molecule has 1 aliphatic rings. The number of piperazine rings is 1. The molecule has 6 heteroatoms. The molecule has 2 unspecified atom stereocenters. The first-order chi connectivity index (χ1) is 8.25. The zero-order chi connectivity index (χ0) is 14.0. The highest BCUT2D eigenvalue weighted by Crippen LogP contribution is 2.25. The third-order valence-corrected chi connectivity index (χ3v) is 3.63. The number of amides is 2. The fourth-order valence-corrected chi connectivity index (χ4v) is 2.58. The van der Waals surface area contributed by atoms with Gasteiger partial charge in [0.2, 0.25) is 0 Å². The first kappa shape index (κ1) is 14.9. The Hall–Kier alpha value is -1.17. The van der Waals surface area contributed by atoms with Crippen molar-refractivity contribution in [2.45, 2.75) is 39.8 Å². The van der Waals surface area contributed by atoms with Crippen molar-refractivity contribution in [2.75, 3.05) is 20.1 Å². The van der Waals surface area contributed by atoms with E-state index in [4.69, 9.17) is 0 Å². The van der Waals surface area contributed by atoms with Crippen molar-refractivity contribution in [3.05, 3.63) is 10.1 Å². The average Bonchev–Trinajstić information content (AvgIpc) is 2.26. The number of hydrogen-bond donors (Lipinski definition) is 0. The Morgan fingerprint density at radius 1 is 1.17 bits per heavy atom. The third-order valence-electron chi connectivity index (χ3n) is 3.63. The molecule has 104 valence electrons. The molecule has 0 aliphatic carbocycles. The minimum absolute atomic E-state index is 0.0888. The molecule has 0 spiro atoms. The Labute approximate surface area is 108 Å². The molecular formula is C12H23N3O3. The predicted molar refractivity (Wildman–Crippen MR) is 69.0 cm³/mol. The highest BCUT2D eigenvalue weighted by atomic mass is 16.6. The number of urea groups is 1. The van der Waals surface area contributed by atoms with E-state index in [0.717, 1.165) is 0 Å². The van der Waals surface area contributed by atoms with Crippen LogP contribution in [0.3, 0.4) is 0 Å². The van der Waals surface area contributed by atoms with Gasteiger partial charge in [-0.25, -0.2) is 4.90 Å². The lowest BCUT2D eigenvalue weighted by Crippen LogP contribution is -2.63. The molecule has 0 bridgehead atoms. The van der Waals surface area contributed by atoms with E-state index in [1.165, 1.54) is 4.90 Å². The number of nitrogens with zero attached hydrogens (tertiary/aromatic N) is 3. The van der Waals surface area contributed by atoms with Gasteiger partial charge in [-0.1, -0.05) is 27.7 Å². The second kappa shape index (κ2) is 5.65. The van der Waals surface area contributed by atoms with Crippen molar-refractivity contribution in [1.29, 1.82) is 0 Å². The van der Waals surface area contributed by atoms with Crippen LogP contribution in [0, 0.1) is 22.0 Å². The van der Waals surface area contributed by atoms with Crippen LogP contribution in [0.4, 0.5) is 4.79 Å². The minimum atomic E-state index is -0.958. The van der Waals surface area contributed by atoms with E-state index in [2.05, 4.69) is 4.90 Å². The van der Waals surface area contributed by atoms with Gasteiger partial charge in [-0.2, -0.15) is 4.79 Å². The molecule has 1 aliphatic heterocycles. The quantitative estimate of drug-likeness (QED) is 0.557. The normalized spacial score (nSPS) is 25.8. The number of rotatable bonds is 2. The minimum Gasteiger partial charge on any atom is -0.355 e. The molecule has 0 aromatic heterocycles. The van der Waals surface area contributed by atoms with Crippen LogP contribution in [0.25, 0.3) is 0 Å². The Morgan fingerprint density at radius 3 is 1.83 bits per heavy atom. The van der Waals surface area contributed by atoms with E-state index in [1.807, 2.05) is 34.7 Å². The maximum Gasteiger partial charge on any atom is 0.534 e. The van der Waals surface area contributed by atoms with Crippen molar-refractivity contribution in [3.8, 4) is 0 Å². The third kappa shape index (κ3) is 2.98. The molecule has 2 amide bonds. The highest BCUT2D eigenvalue weighted by molar-refractivity contribution is 5.66. The summed E-state index contributed by atoms with van der Waals surface area (Å²) < 4.78 is 0. The van der Waals surface area contributed by atoms with E-state index in [9.17, 15) is 14.9 Å². The Morgan fingerprint density at radius 2 is 1.56 bits per heavy atom. The van der Waals surface area contributed by atoms with Gasteiger partial charge < -0.3 is 10.1 Å². The molecule has 0 aromatic carbocycles. The molecule has 1 fully saturated rings. The largest absolute Gasteiger partial charge is 0.534 e. The van der Waals surface area contributed by atoms with Gasteiger partial charge in [0, 0.05) is 18.0 Å². The SMILES string of the molecule is CC(C)C1CN(C)CC(C(C)C)N1C(=O)[N+](=O)[O-]. The van der Waals surface area contributed by atoms with E-state index >= 15 is 0 Å². The maximum atomic E-state index is 11.8. The van der Waals surface area contributed by atoms with Gasteiger partial charge in [0.05, 0.1) is 0 Å². The summed E-state index contributed by atoms with van der Waals surface area (Å²) in [7, 11) is 2.00. The number of likely N-dealkylation sites (N-methyl/N-ethyl adjacent to an activating group) is 1. The molecule has 0 N–H and O–H groups in total. The molecule has 2 atom stereocenters. The summed E-state index contributed by atoms with van der Waals surface area (Å²) in [6.07, 6.45) is 0. The zero-order valence-electron chi connectivity index (χ0n) is 11.8. The van der Waals surface area contributed by atoms with Gasteiger partial charge in [-0.05, 0) is 18.9 Å². The summed E-state index contributed by atoms with van der Waals surface area (Å²) >= 11 is 0. The van der Waals surface area contributed by atoms with Crippen LogP contribution < -0.4 is 0 Å². The molecule has 1 saturated heterocycles. The van der Waals surface area contributed by atoms with Gasteiger partial charge in [0.25, 0.3) is 0 Å². The van der Waals surface area contributed by atoms with Crippen LogP contribution >= 0.6 is 0 Å². The fourth-order valence-electron chi connectivity index (χ4n) is 2.58. The summed E-state index contributed by atoms with van der Waals surface area (Å²) in [6, 6.07) is -1.14. The average molecular weight is 257 g/mol. The van der Waals surface area contributed by atoms with E-state index in [1.54, 1.807) is 0 Å².